The van der Waals surface area contributed by atoms with Gasteiger partial charge in [0, 0.05) is 6.07 Å². The monoisotopic (exact) mass is 195 g/mol. The minimum Gasteiger partial charge on any atom is -0.396 e. The fraction of sp³-hybridized carbons (Fsp3) is 0.100. The Kier molecular flexibility index (Phi) is 3.19. The highest BCUT2D eigenvalue weighted by Gasteiger charge is 2.04. The first-order chi connectivity index (χ1) is 6.65. The molecule has 0 heterocycles. The molecule has 0 aliphatic heterocycles. The van der Waals surface area contributed by atoms with Gasteiger partial charge in [0.05, 0.1) is 17.7 Å². The molecule has 2 nitrogen and oxygen atoms in total. The lowest BCUT2D eigenvalue weighted by molar-refractivity contribution is -0.107. The zero-order chi connectivity index (χ0) is 10.6. The summed E-state index contributed by atoms with van der Waals surface area (Å²) in [4.78, 5) is 9.91. The van der Waals surface area contributed by atoms with Crippen LogP contribution in [0.5, 0.6) is 0 Å². The number of rotatable bonds is 1. The van der Waals surface area contributed by atoms with Gasteiger partial charge in [0.25, 0.3) is 0 Å². The van der Waals surface area contributed by atoms with E-state index in [-0.39, 0.29) is 17.7 Å². The molecule has 0 bridgehead atoms. The van der Waals surface area contributed by atoms with Crippen LogP contribution in [0.15, 0.2) is 12.1 Å². The Morgan fingerprint density at radius 2 is 2.07 bits per heavy atom. The molecule has 0 saturated carbocycles. The van der Waals surface area contributed by atoms with Crippen LogP contribution >= 0.6 is 0 Å². The number of carbonyl (C=O) groups is 1. The largest absolute Gasteiger partial charge is 0.396 e. The molecule has 0 aliphatic rings. The number of benzene rings is 1. The molecular formula is C10H7F2NO. The highest BCUT2D eigenvalue weighted by Crippen LogP contribution is 2.15. The van der Waals surface area contributed by atoms with E-state index in [1.54, 1.807) is 0 Å². The van der Waals surface area contributed by atoms with Crippen molar-refractivity contribution < 1.29 is 13.6 Å². The van der Waals surface area contributed by atoms with Crippen molar-refractivity contribution in [2.24, 2.45) is 0 Å². The maximum Gasteiger partial charge on any atom is 0.147 e. The minimum absolute atomic E-state index is 0.00850. The van der Waals surface area contributed by atoms with Gasteiger partial charge in [0.1, 0.15) is 17.9 Å². The molecule has 0 aliphatic carbocycles. The van der Waals surface area contributed by atoms with Gasteiger partial charge in [-0.1, -0.05) is 11.8 Å². The lowest BCUT2D eigenvalue weighted by Gasteiger charge is -1.98. The number of nitrogens with two attached hydrogens (primary N) is 1. The Balaban J connectivity index is 3.05. The average molecular weight is 195 g/mol. The van der Waals surface area contributed by atoms with Crippen LogP contribution in [-0.4, -0.2) is 6.29 Å². The predicted octanol–water partition coefficient (Wildman–Crippen LogP) is 1.49. The van der Waals surface area contributed by atoms with Gasteiger partial charge in [0.15, 0.2) is 0 Å². The van der Waals surface area contributed by atoms with E-state index >= 15 is 0 Å². The third-order valence-electron chi connectivity index (χ3n) is 1.49. The summed E-state index contributed by atoms with van der Waals surface area (Å²) in [5.41, 5.74) is 4.77. The summed E-state index contributed by atoms with van der Waals surface area (Å²) < 4.78 is 25.9. The molecule has 1 rings (SSSR count). The van der Waals surface area contributed by atoms with Gasteiger partial charge in [-0.3, -0.25) is 0 Å². The molecule has 72 valence electrons. The van der Waals surface area contributed by atoms with E-state index in [2.05, 4.69) is 11.8 Å². The average Bonchev–Trinajstić information content (AvgIpc) is 2.14. The Hall–Kier alpha value is -1.89. The van der Waals surface area contributed by atoms with Crippen LogP contribution in [0.25, 0.3) is 0 Å². The molecule has 0 aromatic heterocycles. The van der Waals surface area contributed by atoms with E-state index in [4.69, 9.17) is 5.73 Å². The summed E-state index contributed by atoms with van der Waals surface area (Å²) in [6.45, 7) is 0. The molecule has 0 spiro atoms. The summed E-state index contributed by atoms with van der Waals surface area (Å²) in [5.74, 6) is 3.29. The van der Waals surface area contributed by atoms with Crippen molar-refractivity contribution in [3.05, 3.63) is 29.3 Å². The van der Waals surface area contributed by atoms with Gasteiger partial charge < -0.3 is 10.5 Å². The smallest absolute Gasteiger partial charge is 0.147 e. The van der Waals surface area contributed by atoms with Crippen LogP contribution in [0.4, 0.5) is 14.5 Å². The Labute approximate surface area is 79.7 Å². The van der Waals surface area contributed by atoms with E-state index in [9.17, 15) is 13.6 Å². The van der Waals surface area contributed by atoms with Crippen LogP contribution in [0.2, 0.25) is 0 Å². The molecule has 4 heteroatoms. The summed E-state index contributed by atoms with van der Waals surface area (Å²) in [7, 11) is 0. The molecule has 0 saturated heterocycles. The van der Waals surface area contributed by atoms with Gasteiger partial charge in [-0.05, 0) is 6.07 Å². The zero-order valence-corrected chi connectivity index (χ0v) is 7.18. The van der Waals surface area contributed by atoms with Crippen LogP contribution < -0.4 is 5.73 Å². The highest BCUT2D eigenvalue weighted by atomic mass is 19.1. The van der Waals surface area contributed by atoms with Crippen LogP contribution in [0.1, 0.15) is 12.0 Å². The van der Waals surface area contributed by atoms with Crippen molar-refractivity contribution in [2.75, 3.05) is 5.73 Å². The number of hydrogen-bond donors (Lipinski definition) is 1. The molecule has 1 aromatic carbocycles. The van der Waals surface area contributed by atoms with E-state index in [0.29, 0.717) is 6.29 Å². The predicted molar refractivity (Wildman–Crippen MR) is 48.3 cm³/mol. The number of halogens is 2. The molecule has 0 radical (unpaired) electrons. The zero-order valence-electron chi connectivity index (χ0n) is 7.18. The minimum atomic E-state index is -0.721. The van der Waals surface area contributed by atoms with E-state index in [1.165, 1.54) is 0 Å². The fourth-order valence-corrected chi connectivity index (χ4v) is 0.846. The van der Waals surface area contributed by atoms with Crippen LogP contribution in [0, 0.1) is 23.5 Å². The molecule has 0 fully saturated rings. The molecule has 0 unspecified atom stereocenters. The van der Waals surface area contributed by atoms with Crippen molar-refractivity contribution in [3.63, 3.8) is 0 Å². The van der Waals surface area contributed by atoms with Gasteiger partial charge in [-0.2, -0.15) is 0 Å². The fourth-order valence-electron chi connectivity index (χ4n) is 0.846. The third kappa shape index (κ3) is 2.30. The number of anilines is 1. The van der Waals surface area contributed by atoms with Crippen LogP contribution in [0.3, 0.4) is 0 Å². The standard InChI is InChI=1S/C10H7F2NO/c11-8-6-10(13)9(12)5-7(8)3-1-2-4-14/h4-6H,2,13H2. The van der Waals surface area contributed by atoms with Gasteiger partial charge >= 0.3 is 0 Å². The van der Waals surface area contributed by atoms with E-state index in [1.807, 2.05) is 0 Å². The topological polar surface area (TPSA) is 43.1 Å². The number of hydrogen-bond acceptors (Lipinski definition) is 2. The van der Waals surface area contributed by atoms with Crippen molar-refractivity contribution in [1.29, 1.82) is 0 Å². The molecule has 1 aromatic rings. The molecular weight excluding hydrogens is 188 g/mol. The quantitative estimate of drug-likeness (QED) is 0.419. The Morgan fingerprint density at radius 3 is 2.71 bits per heavy atom. The number of nitrogen functional groups attached to an aromatic ring is 1. The molecule has 0 atom stereocenters. The van der Waals surface area contributed by atoms with E-state index in [0.717, 1.165) is 12.1 Å². The maximum absolute atomic E-state index is 13.0. The number of aldehydes is 1. The second-order valence-electron chi connectivity index (χ2n) is 2.53. The molecule has 2 N–H and O–H groups in total. The first-order valence-corrected chi connectivity index (χ1v) is 3.82. The second-order valence-corrected chi connectivity index (χ2v) is 2.53. The first kappa shape index (κ1) is 10.2. The van der Waals surface area contributed by atoms with Gasteiger partial charge in [0.2, 0.25) is 0 Å². The highest BCUT2D eigenvalue weighted by molar-refractivity contribution is 5.55. The van der Waals surface area contributed by atoms with Gasteiger partial charge in [-0.15, -0.1) is 0 Å². The summed E-state index contributed by atoms with van der Waals surface area (Å²) in [6, 6.07) is 1.77. The Morgan fingerprint density at radius 1 is 1.36 bits per heavy atom. The molecule has 0 amide bonds. The number of carbonyl (C=O) groups excluding carboxylic acids is 1. The summed E-state index contributed by atoms with van der Waals surface area (Å²) in [6.07, 6.45) is 0.573. The van der Waals surface area contributed by atoms with Crippen LogP contribution in [-0.2, 0) is 4.79 Å². The van der Waals surface area contributed by atoms with Crippen molar-refractivity contribution in [3.8, 4) is 11.8 Å². The normalized spacial score (nSPS) is 9.00. The molecule has 14 heavy (non-hydrogen) atoms. The summed E-state index contributed by atoms with van der Waals surface area (Å²) in [5, 5.41) is 0. The second kappa shape index (κ2) is 4.38. The lowest BCUT2D eigenvalue weighted by atomic mass is 10.2. The maximum atomic E-state index is 13.0. The summed E-state index contributed by atoms with van der Waals surface area (Å²) >= 11 is 0. The Bertz CT molecular complexity index is 418. The van der Waals surface area contributed by atoms with Crippen molar-refractivity contribution in [1.82, 2.24) is 0 Å². The SMILES string of the molecule is Nc1cc(F)c(C#CCC=O)cc1F. The lowest BCUT2D eigenvalue weighted by Crippen LogP contribution is -1.94. The van der Waals surface area contributed by atoms with Gasteiger partial charge in [-0.25, -0.2) is 8.78 Å². The van der Waals surface area contributed by atoms with Crippen molar-refractivity contribution in [2.45, 2.75) is 6.42 Å². The van der Waals surface area contributed by atoms with Crippen molar-refractivity contribution >= 4 is 12.0 Å². The van der Waals surface area contributed by atoms with E-state index < -0.39 is 11.6 Å². The third-order valence-corrected chi connectivity index (χ3v) is 1.49. The first-order valence-electron chi connectivity index (χ1n) is 3.82.